The minimum Gasteiger partial charge on any atom is -0.376 e. The Bertz CT molecular complexity index is 986. The summed E-state index contributed by atoms with van der Waals surface area (Å²) in [5.41, 5.74) is 3.09. The van der Waals surface area contributed by atoms with Crippen molar-refractivity contribution in [1.29, 1.82) is 0 Å². The number of para-hydroxylation sites is 2. The number of benzene rings is 2. The van der Waals surface area contributed by atoms with Gasteiger partial charge in [0.25, 0.3) is 0 Å². The summed E-state index contributed by atoms with van der Waals surface area (Å²) in [4.78, 5) is 40.0. The maximum Gasteiger partial charge on any atom is 0.247 e. The molecule has 2 aromatic rings. The lowest BCUT2D eigenvalue weighted by molar-refractivity contribution is -0.123. The zero-order valence-electron chi connectivity index (χ0n) is 18.1. The molecule has 2 atom stereocenters. The Morgan fingerprint density at radius 1 is 1.12 bits per heavy atom. The molecule has 1 fully saturated rings. The lowest BCUT2D eigenvalue weighted by Gasteiger charge is -2.37. The van der Waals surface area contributed by atoms with Crippen LogP contribution in [0.2, 0.25) is 0 Å². The van der Waals surface area contributed by atoms with E-state index in [1.54, 1.807) is 11.0 Å². The molecule has 2 heterocycles. The number of nitrogens with one attached hydrogen (secondary N) is 3. The second kappa shape index (κ2) is 9.82. The van der Waals surface area contributed by atoms with Gasteiger partial charge in [0.2, 0.25) is 17.7 Å². The smallest absolute Gasteiger partial charge is 0.247 e. The maximum absolute atomic E-state index is 12.9. The number of amides is 3. The van der Waals surface area contributed by atoms with E-state index in [9.17, 15) is 14.4 Å². The number of hydrogen-bond donors (Lipinski definition) is 3. The van der Waals surface area contributed by atoms with Crippen molar-refractivity contribution in [2.45, 2.75) is 38.3 Å². The fourth-order valence-corrected chi connectivity index (χ4v) is 4.02. The van der Waals surface area contributed by atoms with Crippen LogP contribution in [0, 0.1) is 6.92 Å². The number of anilines is 3. The molecule has 0 aliphatic carbocycles. The molecule has 3 amide bonds. The first kappa shape index (κ1) is 21.8. The van der Waals surface area contributed by atoms with Crippen LogP contribution in [0.4, 0.5) is 17.1 Å². The third kappa shape index (κ3) is 5.26. The summed E-state index contributed by atoms with van der Waals surface area (Å²) in [7, 11) is 0. The first-order chi connectivity index (χ1) is 15.5. The Labute approximate surface area is 187 Å². The van der Waals surface area contributed by atoms with Gasteiger partial charge in [-0.05, 0) is 44.0 Å². The van der Waals surface area contributed by atoms with Gasteiger partial charge in [-0.3, -0.25) is 14.4 Å². The molecule has 0 saturated carbocycles. The van der Waals surface area contributed by atoms with Crippen molar-refractivity contribution in [1.82, 2.24) is 5.32 Å². The van der Waals surface area contributed by atoms with E-state index in [2.05, 4.69) is 16.0 Å². The van der Waals surface area contributed by atoms with Crippen molar-refractivity contribution in [2.24, 2.45) is 0 Å². The molecule has 3 N–H and O–H groups in total. The molecular weight excluding hydrogens is 408 g/mol. The third-order valence-electron chi connectivity index (χ3n) is 5.73. The summed E-state index contributed by atoms with van der Waals surface area (Å²) >= 11 is 0. The molecule has 0 spiro atoms. The molecule has 32 heavy (non-hydrogen) atoms. The second-order valence-electron chi connectivity index (χ2n) is 8.21. The topological polar surface area (TPSA) is 99.8 Å². The van der Waals surface area contributed by atoms with Crippen molar-refractivity contribution >= 4 is 34.8 Å². The summed E-state index contributed by atoms with van der Waals surface area (Å²) in [6.07, 6.45) is 1.88. The van der Waals surface area contributed by atoms with Gasteiger partial charge in [0.05, 0.1) is 30.4 Å². The maximum atomic E-state index is 12.9. The number of fused-ring (bicyclic) bond motifs is 1. The highest BCUT2D eigenvalue weighted by atomic mass is 16.5. The minimum atomic E-state index is -0.802. The third-order valence-corrected chi connectivity index (χ3v) is 5.73. The van der Waals surface area contributed by atoms with E-state index in [0.717, 1.165) is 25.0 Å². The Hall–Kier alpha value is -3.39. The molecule has 2 aromatic carbocycles. The van der Waals surface area contributed by atoms with Crippen molar-refractivity contribution in [3.8, 4) is 0 Å². The van der Waals surface area contributed by atoms with Crippen molar-refractivity contribution in [2.75, 3.05) is 35.2 Å². The Kier molecular flexibility index (Phi) is 6.70. The zero-order chi connectivity index (χ0) is 22.5. The highest BCUT2D eigenvalue weighted by Crippen LogP contribution is 2.32. The molecule has 0 aromatic heterocycles. The van der Waals surface area contributed by atoms with Crippen LogP contribution in [0.1, 0.15) is 24.8 Å². The Morgan fingerprint density at radius 2 is 1.91 bits per heavy atom. The van der Waals surface area contributed by atoms with E-state index in [0.29, 0.717) is 23.6 Å². The highest BCUT2D eigenvalue weighted by Gasteiger charge is 2.35. The van der Waals surface area contributed by atoms with E-state index in [-0.39, 0.29) is 36.8 Å². The number of aryl methyl sites for hydroxylation is 1. The van der Waals surface area contributed by atoms with Crippen LogP contribution < -0.4 is 20.9 Å². The summed E-state index contributed by atoms with van der Waals surface area (Å²) in [5, 5.41) is 8.59. The average Bonchev–Trinajstić information content (AvgIpc) is 3.30. The molecule has 0 bridgehead atoms. The molecule has 2 aliphatic heterocycles. The predicted octanol–water partition coefficient (Wildman–Crippen LogP) is 2.45. The van der Waals surface area contributed by atoms with E-state index in [1.165, 1.54) is 0 Å². The molecular formula is C24H28N4O4. The average molecular weight is 437 g/mol. The molecule has 168 valence electrons. The monoisotopic (exact) mass is 436 g/mol. The Morgan fingerprint density at radius 3 is 2.66 bits per heavy atom. The van der Waals surface area contributed by atoms with Gasteiger partial charge in [-0.15, -0.1) is 0 Å². The van der Waals surface area contributed by atoms with Gasteiger partial charge < -0.3 is 25.6 Å². The predicted molar refractivity (Wildman–Crippen MR) is 123 cm³/mol. The first-order valence-corrected chi connectivity index (χ1v) is 10.9. The minimum absolute atomic E-state index is 0.0281. The van der Waals surface area contributed by atoms with Crippen LogP contribution in [0.15, 0.2) is 48.5 Å². The fraction of sp³-hybridized carbons (Fsp3) is 0.375. The number of ether oxygens (including phenoxy) is 1. The summed E-state index contributed by atoms with van der Waals surface area (Å²) in [5.74, 6) is -0.818. The molecule has 2 aliphatic rings. The Balaban J connectivity index is 1.46. The molecule has 8 heteroatoms. The number of rotatable bonds is 7. The summed E-state index contributed by atoms with van der Waals surface area (Å²) in [6.45, 7) is 3.11. The second-order valence-corrected chi connectivity index (χ2v) is 8.21. The van der Waals surface area contributed by atoms with Crippen molar-refractivity contribution in [3.05, 3.63) is 54.1 Å². The zero-order valence-corrected chi connectivity index (χ0v) is 18.1. The van der Waals surface area contributed by atoms with E-state index < -0.39 is 6.04 Å². The number of carbonyl (C=O) groups excluding carboxylic acids is 3. The van der Waals surface area contributed by atoms with Crippen molar-refractivity contribution in [3.63, 3.8) is 0 Å². The van der Waals surface area contributed by atoms with Gasteiger partial charge >= 0.3 is 0 Å². The van der Waals surface area contributed by atoms with Gasteiger partial charge in [0, 0.05) is 18.8 Å². The molecule has 0 radical (unpaired) electrons. The van der Waals surface area contributed by atoms with Crippen LogP contribution in [0.5, 0.6) is 0 Å². The SMILES string of the molecule is Cc1ccc(NC(=O)C[C@H]2C(=O)Nc3ccccc3N2CC(=O)NC[C@H]2CCCO2)cc1. The van der Waals surface area contributed by atoms with Gasteiger partial charge in [-0.1, -0.05) is 29.8 Å². The summed E-state index contributed by atoms with van der Waals surface area (Å²) in [6, 6.07) is 13.9. The van der Waals surface area contributed by atoms with E-state index in [4.69, 9.17) is 4.74 Å². The van der Waals surface area contributed by atoms with Crippen LogP contribution in [-0.4, -0.2) is 49.6 Å². The quantitative estimate of drug-likeness (QED) is 0.619. The van der Waals surface area contributed by atoms with Gasteiger partial charge in [-0.25, -0.2) is 0 Å². The molecule has 0 unspecified atom stereocenters. The van der Waals surface area contributed by atoms with Crippen LogP contribution in [0.3, 0.4) is 0 Å². The standard InChI is InChI=1S/C24H28N4O4/c1-16-8-10-17(11-9-16)26-22(29)13-21-24(31)27-19-6-2-3-7-20(19)28(21)15-23(30)25-14-18-5-4-12-32-18/h2-3,6-11,18,21H,4-5,12-15H2,1H3,(H,25,30)(H,26,29)(H,27,31)/t18-,21+/m1/s1. The van der Waals surface area contributed by atoms with Gasteiger partial charge in [-0.2, -0.15) is 0 Å². The number of hydrogen-bond acceptors (Lipinski definition) is 5. The van der Waals surface area contributed by atoms with Crippen LogP contribution >= 0.6 is 0 Å². The van der Waals surface area contributed by atoms with E-state index >= 15 is 0 Å². The van der Waals surface area contributed by atoms with Gasteiger partial charge in [0.15, 0.2) is 0 Å². The van der Waals surface area contributed by atoms with Crippen LogP contribution in [0.25, 0.3) is 0 Å². The highest BCUT2D eigenvalue weighted by molar-refractivity contribution is 6.07. The first-order valence-electron chi connectivity index (χ1n) is 10.9. The largest absolute Gasteiger partial charge is 0.376 e. The normalized spacial score (nSPS) is 19.8. The fourth-order valence-electron chi connectivity index (χ4n) is 4.02. The van der Waals surface area contributed by atoms with Gasteiger partial charge in [0.1, 0.15) is 6.04 Å². The lowest BCUT2D eigenvalue weighted by Crippen LogP contribution is -2.53. The van der Waals surface area contributed by atoms with Crippen LogP contribution in [-0.2, 0) is 19.1 Å². The number of carbonyl (C=O) groups is 3. The summed E-state index contributed by atoms with van der Waals surface area (Å²) < 4.78 is 5.56. The van der Waals surface area contributed by atoms with E-state index in [1.807, 2.05) is 49.4 Å². The molecule has 8 nitrogen and oxygen atoms in total. The van der Waals surface area contributed by atoms with Crippen molar-refractivity contribution < 1.29 is 19.1 Å². The molecule has 4 rings (SSSR count). The molecule has 1 saturated heterocycles. The number of nitrogens with zero attached hydrogens (tertiary/aromatic N) is 1. The lowest BCUT2D eigenvalue weighted by atomic mass is 10.0.